The van der Waals surface area contributed by atoms with Crippen molar-refractivity contribution in [3.8, 4) is 0 Å². The summed E-state index contributed by atoms with van der Waals surface area (Å²) in [4.78, 5) is 0. The highest BCUT2D eigenvalue weighted by molar-refractivity contribution is 7.80. The van der Waals surface area contributed by atoms with Gasteiger partial charge in [-0.3, -0.25) is 0 Å². The lowest BCUT2D eigenvalue weighted by atomic mass is 9.65. The van der Waals surface area contributed by atoms with Crippen LogP contribution >= 0.6 is 21.9 Å². The van der Waals surface area contributed by atoms with Gasteiger partial charge >= 0.3 is 0 Å². The number of halogens is 1. The molecule has 3 saturated carbocycles. The summed E-state index contributed by atoms with van der Waals surface area (Å²) >= 11 is 4.60. The molecule has 5 atom stereocenters. The highest BCUT2D eigenvalue weighted by Gasteiger charge is 2.44. The third kappa shape index (κ3) is 3.85. The lowest BCUT2D eigenvalue weighted by Gasteiger charge is -2.46. The normalized spacial score (nSPS) is 50.7. The molecule has 0 heterocycles. The van der Waals surface area contributed by atoms with Crippen molar-refractivity contribution in [1.82, 2.24) is 0 Å². The van der Waals surface area contributed by atoms with E-state index in [4.69, 9.17) is 0 Å². The first kappa shape index (κ1) is 17.5. The van der Waals surface area contributed by atoms with Gasteiger partial charge in [0.25, 0.3) is 0 Å². The van der Waals surface area contributed by atoms with E-state index in [1.54, 1.807) is 0 Å². The maximum Gasteiger partial charge on any atom is 0.110 e. The monoisotopic (exact) mass is 344 g/mol. The van der Waals surface area contributed by atoms with E-state index in [2.05, 4.69) is 28.8 Å². The summed E-state index contributed by atoms with van der Waals surface area (Å²) in [5.74, 6) is 3.29. The molecule has 22 heavy (non-hydrogen) atoms. The largest absolute Gasteiger partial charge is 0.246 e. The molecule has 0 N–H and O–H groups in total. The molecule has 0 aromatic carbocycles. The van der Waals surface area contributed by atoms with Crippen LogP contribution in [-0.4, -0.2) is 17.1 Å². The van der Waals surface area contributed by atoms with Crippen molar-refractivity contribution in [2.45, 2.75) is 88.2 Å². The average Bonchev–Trinajstić information content (AvgIpc) is 2.52. The molecule has 0 saturated heterocycles. The Morgan fingerprint density at radius 3 is 1.91 bits per heavy atom. The Hall–Kier alpha value is 0.710. The SMILES string of the molecule is CC1CCC(C2CCC(C3CCC(S)CC3)C(F)C2P)CC1. The van der Waals surface area contributed by atoms with Crippen molar-refractivity contribution < 1.29 is 4.39 Å². The molecular weight excluding hydrogens is 310 g/mol. The number of thiol groups is 1. The maximum atomic E-state index is 15.2. The summed E-state index contributed by atoms with van der Waals surface area (Å²) in [7, 11) is 2.93. The fraction of sp³-hybridized carbons (Fsp3) is 1.00. The van der Waals surface area contributed by atoms with Crippen molar-refractivity contribution >= 4 is 21.9 Å². The van der Waals surface area contributed by atoms with Gasteiger partial charge in [0, 0.05) is 10.9 Å². The summed E-state index contributed by atoms with van der Waals surface area (Å²) in [6, 6.07) is 0. The van der Waals surface area contributed by atoms with E-state index in [-0.39, 0.29) is 5.66 Å². The molecule has 0 aromatic rings. The Bertz CT molecular complexity index is 313. The van der Waals surface area contributed by atoms with Crippen LogP contribution < -0.4 is 0 Å². The van der Waals surface area contributed by atoms with Gasteiger partial charge in [0.05, 0.1) is 0 Å². The zero-order chi connectivity index (χ0) is 15.7. The van der Waals surface area contributed by atoms with Gasteiger partial charge in [0.2, 0.25) is 0 Å². The molecule has 0 aromatic heterocycles. The molecule has 0 nitrogen and oxygen atoms in total. The predicted molar refractivity (Wildman–Crippen MR) is 100 cm³/mol. The first-order valence-corrected chi connectivity index (χ1v) is 10.8. The van der Waals surface area contributed by atoms with Gasteiger partial charge in [-0.15, -0.1) is 9.24 Å². The Kier molecular flexibility index (Phi) is 6.16. The van der Waals surface area contributed by atoms with Crippen molar-refractivity contribution in [2.75, 3.05) is 0 Å². The van der Waals surface area contributed by atoms with E-state index in [0.717, 1.165) is 18.3 Å². The molecule has 3 heteroatoms. The molecule has 0 spiro atoms. The minimum absolute atomic E-state index is 0.214. The van der Waals surface area contributed by atoms with E-state index >= 15 is 4.39 Å². The summed E-state index contributed by atoms with van der Waals surface area (Å²) in [6.45, 7) is 2.38. The van der Waals surface area contributed by atoms with E-state index in [1.165, 1.54) is 57.8 Å². The molecule has 5 unspecified atom stereocenters. The number of hydrogen-bond donors (Lipinski definition) is 1. The molecule has 3 fully saturated rings. The number of alkyl halides is 1. The van der Waals surface area contributed by atoms with Crippen molar-refractivity contribution in [3.63, 3.8) is 0 Å². The number of hydrogen-bond acceptors (Lipinski definition) is 1. The Balaban J connectivity index is 1.57. The average molecular weight is 345 g/mol. The van der Waals surface area contributed by atoms with Gasteiger partial charge in [0.1, 0.15) is 6.17 Å². The van der Waals surface area contributed by atoms with Crippen LogP contribution in [0, 0.1) is 29.6 Å². The second kappa shape index (κ2) is 7.73. The third-order valence-electron chi connectivity index (χ3n) is 7.12. The quantitative estimate of drug-likeness (QED) is 0.467. The molecule has 3 aliphatic carbocycles. The standard InChI is InChI=1S/C19H34FPS/c1-12-2-4-14(5-3-12)17-11-10-16(18(20)19(17)21)13-6-8-15(22)9-7-13/h12-19,22H,2-11,21H2,1H3. The Labute approximate surface area is 144 Å². The third-order valence-corrected chi connectivity index (χ3v) is 8.50. The molecule has 128 valence electrons. The molecule has 3 aliphatic rings. The van der Waals surface area contributed by atoms with Crippen LogP contribution in [0.2, 0.25) is 0 Å². The summed E-state index contributed by atoms with van der Waals surface area (Å²) in [5, 5.41) is 0.571. The van der Waals surface area contributed by atoms with Gasteiger partial charge < -0.3 is 0 Å². The van der Waals surface area contributed by atoms with Crippen LogP contribution in [-0.2, 0) is 0 Å². The summed E-state index contributed by atoms with van der Waals surface area (Å²) in [5.41, 5.74) is 0.214. The van der Waals surface area contributed by atoms with Crippen molar-refractivity contribution in [1.29, 1.82) is 0 Å². The molecule has 0 radical (unpaired) electrons. The molecule has 0 aliphatic heterocycles. The van der Waals surface area contributed by atoms with Crippen LogP contribution in [0.1, 0.15) is 71.1 Å². The van der Waals surface area contributed by atoms with E-state index in [0.29, 0.717) is 23.0 Å². The smallest absolute Gasteiger partial charge is 0.110 e. The van der Waals surface area contributed by atoms with Crippen LogP contribution in [0.3, 0.4) is 0 Å². The van der Waals surface area contributed by atoms with Crippen LogP contribution in [0.5, 0.6) is 0 Å². The summed E-state index contributed by atoms with van der Waals surface area (Å²) in [6.07, 6.45) is 12.1. The highest BCUT2D eigenvalue weighted by atomic mass is 32.1. The Morgan fingerprint density at radius 1 is 0.773 bits per heavy atom. The van der Waals surface area contributed by atoms with E-state index in [9.17, 15) is 0 Å². The second-order valence-corrected chi connectivity index (χ2v) is 10.0. The number of rotatable bonds is 2. The lowest BCUT2D eigenvalue weighted by Crippen LogP contribution is -2.44. The zero-order valence-electron chi connectivity index (χ0n) is 14.1. The van der Waals surface area contributed by atoms with Gasteiger partial charge in [0.15, 0.2) is 0 Å². The fourth-order valence-electron chi connectivity index (χ4n) is 5.55. The minimum Gasteiger partial charge on any atom is -0.246 e. The lowest BCUT2D eigenvalue weighted by molar-refractivity contribution is 0.0460. The van der Waals surface area contributed by atoms with Crippen LogP contribution in [0.15, 0.2) is 0 Å². The van der Waals surface area contributed by atoms with Gasteiger partial charge in [-0.25, -0.2) is 4.39 Å². The van der Waals surface area contributed by atoms with Gasteiger partial charge in [-0.2, -0.15) is 12.6 Å². The second-order valence-electron chi connectivity index (χ2n) is 8.52. The topological polar surface area (TPSA) is 0 Å². The van der Waals surface area contributed by atoms with Gasteiger partial charge in [-0.1, -0.05) is 19.8 Å². The van der Waals surface area contributed by atoms with Crippen molar-refractivity contribution in [2.24, 2.45) is 29.6 Å². The molecule has 3 rings (SSSR count). The molecular formula is C19H34FPS. The zero-order valence-corrected chi connectivity index (χ0v) is 16.1. The van der Waals surface area contributed by atoms with Crippen LogP contribution in [0.25, 0.3) is 0 Å². The summed E-state index contributed by atoms with van der Waals surface area (Å²) < 4.78 is 15.2. The predicted octanol–water partition coefficient (Wildman–Crippen LogP) is 5.91. The Morgan fingerprint density at radius 2 is 1.27 bits per heavy atom. The first-order valence-electron chi connectivity index (χ1n) is 9.64. The highest BCUT2D eigenvalue weighted by Crippen LogP contribution is 2.49. The van der Waals surface area contributed by atoms with Gasteiger partial charge in [-0.05, 0) is 81.0 Å². The first-order chi connectivity index (χ1) is 10.6. The molecule has 0 bridgehead atoms. The minimum atomic E-state index is -0.579. The molecule has 0 amide bonds. The van der Waals surface area contributed by atoms with Crippen LogP contribution in [0.4, 0.5) is 4.39 Å². The maximum absolute atomic E-state index is 15.2. The van der Waals surface area contributed by atoms with Crippen molar-refractivity contribution in [3.05, 3.63) is 0 Å². The van der Waals surface area contributed by atoms with E-state index < -0.39 is 6.17 Å². The van der Waals surface area contributed by atoms with E-state index in [1.807, 2.05) is 0 Å². The fourth-order valence-corrected chi connectivity index (χ4v) is 6.64.